The second kappa shape index (κ2) is 5.07. The zero-order chi connectivity index (χ0) is 15.1. The van der Waals surface area contributed by atoms with Gasteiger partial charge in [-0.2, -0.15) is 0 Å². The van der Waals surface area contributed by atoms with Crippen LogP contribution in [0.15, 0.2) is 18.2 Å². The molecule has 2 fully saturated rings. The van der Waals surface area contributed by atoms with Crippen LogP contribution in [0.5, 0.6) is 0 Å². The molecule has 1 amide bonds. The standard InChI is InChI=1S/C14H16FN3O3/c15-9-2-3-10(13(5-9)18(20)21)14(19)17-6-8-1-4-12(16)11(8)7-17/h2-3,5,8,11-12H,1,4,6-7,16H2/t8-,11+,12+/m0/s1. The molecule has 1 aliphatic heterocycles. The first-order chi connectivity index (χ1) is 9.97. The molecule has 1 saturated carbocycles. The predicted molar refractivity (Wildman–Crippen MR) is 73.1 cm³/mol. The number of carbonyl (C=O) groups excluding carboxylic acids is 1. The van der Waals surface area contributed by atoms with E-state index in [0.717, 1.165) is 25.0 Å². The fourth-order valence-electron chi connectivity index (χ4n) is 3.48. The Morgan fingerprint density at radius 1 is 1.38 bits per heavy atom. The van der Waals surface area contributed by atoms with Gasteiger partial charge in [-0.3, -0.25) is 14.9 Å². The number of likely N-dealkylation sites (tertiary alicyclic amines) is 1. The van der Waals surface area contributed by atoms with Crippen molar-refractivity contribution in [2.45, 2.75) is 18.9 Å². The molecule has 3 rings (SSSR count). The van der Waals surface area contributed by atoms with Gasteiger partial charge in [-0.25, -0.2) is 4.39 Å². The van der Waals surface area contributed by atoms with Crippen LogP contribution in [0.1, 0.15) is 23.2 Å². The van der Waals surface area contributed by atoms with Crippen molar-refractivity contribution in [2.75, 3.05) is 13.1 Å². The third-order valence-electron chi connectivity index (χ3n) is 4.59. The van der Waals surface area contributed by atoms with E-state index >= 15 is 0 Å². The highest BCUT2D eigenvalue weighted by Crippen LogP contribution is 2.38. The lowest BCUT2D eigenvalue weighted by molar-refractivity contribution is -0.385. The number of halogens is 1. The number of hydrogen-bond donors (Lipinski definition) is 1. The molecule has 1 saturated heterocycles. The number of fused-ring (bicyclic) bond motifs is 1. The summed E-state index contributed by atoms with van der Waals surface area (Å²) in [7, 11) is 0. The Morgan fingerprint density at radius 3 is 2.81 bits per heavy atom. The number of nitro benzene ring substituents is 1. The number of hydrogen-bond acceptors (Lipinski definition) is 4. The summed E-state index contributed by atoms with van der Waals surface area (Å²) in [6, 6.07) is 3.14. The maximum atomic E-state index is 13.1. The number of benzene rings is 1. The molecule has 7 heteroatoms. The summed E-state index contributed by atoms with van der Waals surface area (Å²) in [6.07, 6.45) is 1.95. The maximum absolute atomic E-state index is 13.1. The predicted octanol–water partition coefficient (Wildman–Crippen LogP) is 1.54. The van der Waals surface area contributed by atoms with Gasteiger partial charge in [-0.1, -0.05) is 0 Å². The van der Waals surface area contributed by atoms with Crippen molar-refractivity contribution in [1.29, 1.82) is 0 Å². The number of carbonyl (C=O) groups is 1. The number of nitrogens with two attached hydrogens (primary N) is 1. The molecule has 112 valence electrons. The fraction of sp³-hybridized carbons (Fsp3) is 0.500. The molecule has 0 spiro atoms. The van der Waals surface area contributed by atoms with Gasteiger partial charge in [-0.15, -0.1) is 0 Å². The Morgan fingerprint density at radius 2 is 2.14 bits per heavy atom. The lowest BCUT2D eigenvalue weighted by Crippen LogP contribution is -2.33. The molecule has 0 bridgehead atoms. The maximum Gasteiger partial charge on any atom is 0.285 e. The lowest BCUT2D eigenvalue weighted by atomic mass is 9.98. The first-order valence-electron chi connectivity index (χ1n) is 6.96. The molecular formula is C14H16FN3O3. The van der Waals surface area contributed by atoms with Crippen molar-refractivity contribution in [1.82, 2.24) is 4.90 Å². The van der Waals surface area contributed by atoms with Gasteiger partial charge < -0.3 is 10.6 Å². The summed E-state index contributed by atoms with van der Waals surface area (Å²) in [5.74, 6) is -0.487. The van der Waals surface area contributed by atoms with Crippen LogP contribution in [-0.4, -0.2) is 34.9 Å². The molecule has 1 aliphatic carbocycles. The van der Waals surface area contributed by atoms with Gasteiger partial charge in [0.15, 0.2) is 0 Å². The summed E-state index contributed by atoms with van der Waals surface area (Å²) >= 11 is 0. The van der Waals surface area contributed by atoms with Crippen molar-refractivity contribution in [3.63, 3.8) is 0 Å². The second-order valence-electron chi connectivity index (χ2n) is 5.79. The van der Waals surface area contributed by atoms with E-state index in [-0.39, 0.29) is 17.5 Å². The van der Waals surface area contributed by atoms with Crippen molar-refractivity contribution >= 4 is 11.6 Å². The summed E-state index contributed by atoms with van der Waals surface area (Å²) < 4.78 is 13.1. The first kappa shape index (κ1) is 13.9. The molecule has 3 atom stereocenters. The second-order valence-corrected chi connectivity index (χ2v) is 5.79. The minimum atomic E-state index is -0.724. The van der Waals surface area contributed by atoms with E-state index in [2.05, 4.69) is 0 Å². The molecular weight excluding hydrogens is 277 g/mol. The summed E-state index contributed by atoms with van der Waals surface area (Å²) in [4.78, 5) is 24.4. The van der Waals surface area contributed by atoms with Gasteiger partial charge in [0, 0.05) is 19.1 Å². The van der Waals surface area contributed by atoms with Crippen LogP contribution >= 0.6 is 0 Å². The zero-order valence-electron chi connectivity index (χ0n) is 11.4. The quantitative estimate of drug-likeness (QED) is 0.661. The van der Waals surface area contributed by atoms with Crippen LogP contribution < -0.4 is 5.73 Å². The van der Waals surface area contributed by atoms with Crippen LogP contribution in [0.3, 0.4) is 0 Å². The van der Waals surface area contributed by atoms with Crippen LogP contribution in [0.25, 0.3) is 0 Å². The van der Waals surface area contributed by atoms with E-state index < -0.39 is 22.3 Å². The normalized spacial score (nSPS) is 27.7. The van der Waals surface area contributed by atoms with E-state index in [1.54, 1.807) is 4.90 Å². The molecule has 0 radical (unpaired) electrons. The Bertz CT molecular complexity index is 607. The average Bonchev–Trinajstić information content (AvgIpc) is 3.00. The van der Waals surface area contributed by atoms with E-state index in [9.17, 15) is 19.3 Å². The summed E-state index contributed by atoms with van der Waals surface area (Å²) in [5.41, 5.74) is 5.48. The highest BCUT2D eigenvalue weighted by Gasteiger charge is 2.43. The molecule has 1 aromatic carbocycles. The first-order valence-corrected chi connectivity index (χ1v) is 6.96. The third-order valence-corrected chi connectivity index (χ3v) is 4.59. The van der Waals surface area contributed by atoms with Crippen LogP contribution in [-0.2, 0) is 0 Å². The minimum absolute atomic E-state index is 0.0602. The van der Waals surface area contributed by atoms with E-state index in [1.807, 2.05) is 0 Å². The Balaban J connectivity index is 1.85. The van der Waals surface area contributed by atoms with Crippen LogP contribution in [0, 0.1) is 27.8 Å². The molecule has 1 heterocycles. The van der Waals surface area contributed by atoms with E-state index in [0.29, 0.717) is 19.0 Å². The molecule has 2 N–H and O–H groups in total. The average molecular weight is 293 g/mol. The molecule has 21 heavy (non-hydrogen) atoms. The van der Waals surface area contributed by atoms with Crippen LogP contribution in [0.4, 0.5) is 10.1 Å². The number of nitrogens with zero attached hydrogens (tertiary/aromatic N) is 2. The SMILES string of the molecule is N[C@@H]1CC[C@H]2CN(C(=O)c3ccc(F)cc3[N+](=O)[O-])C[C@H]21. The summed E-state index contributed by atoms with van der Waals surface area (Å²) in [6.45, 7) is 1.10. The zero-order valence-corrected chi connectivity index (χ0v) is 11.4. The van der Waals surface area contributed by atoms with Crippen molar-refractivity contribution in [3.8, 4) is 0 Å². The Hall–Kier alpha value is -2.02. The van der Waals surface area contributed by atoms with E-state index in [1.165, 1.54) is 6.07 Å². The number of amides is 1. The Kier molecular flexibility index (Phi) is 3.36. The molecule has 1 aromatic rings. The molecule has 2 aliphatic rings. The van der Waals surface area contributed by atoms with Crippen LogP contribution in [0.2, 0.25) is 0 Å². The lowest BCUT2D eigenvalue weighted by Gasteiger charge is -2.18. The van der Waals surface area contributed by atoms with Crippen molar-refractivity contribution in [2.24, 2.45) is 17.6 Å². The van der Waals surface area contributed by atoms with Gasteiger partial charge >= 0.3 is 0 Å². The van der Waals surface area contributed by atoms with Gasteiger partial charge in [0.25, 0.3) is 11.6 Å². The minimum Gasteiger partial charge on any atom is -0.338 e. The van der Waals surface area contributed by atoms with Gasteiger partial charge in [0.05, 0.1) is 11.0 Å². The van der Waals surface area contributed by atoms with E-state index in [4.69, 9.17) is 5.73 Å². The summed E-state index contributed by atoms with van der Waals surface area (Å²) in [5, 5.41) is 11.0. The van der Waals surface area contributed by atoms with Gasteiger partial charge in [0.2, 0.25) is 0 Å². The smallest absolute Gasteiger partial charge is 0.285 e. The molecule has 0 aromatic heterocycles. The monoisotopic (exact) mass is 293 g/mol. The van der Waals surface area contributed by atoms with Gasteiger partial charge in [0.1, 0.15) is 11.4 Å². The van der Waals surface area contributed by atoms with Crippen molar-refractivity contribution < 1.29 is 14.1 Å². The number of nitro groups is 1. The van der Waals surface area contributed by atoms with Crippen molar-refractivity contribution in [3.05, 3.63) is 39.7 Å². The highest BCUT2D eigenvalue weighted by atomic mass is 19.1. The van der Waals surface area contributed by atoms with Gasteiger partial charge in [-0.05, 0) is 36.8 Å². The topological polar surface area (TPSA) is 89.5 Å². The third kappa shape index (κ3) is 2.37. The molecule has 0 unspecified atom stereocenters. The molecule has 6 nitrogen and oxygen atoms in total. The largest absolute Gasteiger partial charge is 0.338 e. The highest BCUT2D eigenvalue weighted by molar-refractivity contribution is 5.98. The number of rotatable bonds is 2. The Labute approximate surface area is 120 Å². The fourth-order valence-corrected chi connectivity index (χ4v) is 3.48.